The number of hydrogen-bond donors (Lipinski definition) is 1. The van der Waals surface area contributed by atoms with Gasteiger partial charge in [0, 0.05) is 18.8 Å². The molecule has 0 amide bonds. The summed E-state index contributed by atoms with van der Waals surface area (Å²) in [7, 11) is 0. The zero-order chi connectivity index (χ0) is 16.4. The number of benzene rings is 1. The first-order chi connectivity index (χ1) is 11.0. The van der Waals surface area contributed by atoms with Gasteiger partial charge in [0.25, 0.3) is 0 Å². The molecule has 3 rings (SSSR count). The van der Waals surface area contributed by atoms with Gasteiger partial charge in [-0.3, -0.25) is 4.90 Å². The van der Waals surface area contributed by atoms with Crippen LogP contribution in [0.3, 0.4) is 0 Å². The van der Waals surface area contributed by atoms with Gasteiger partial charge in [-0.25, -0.2) is 4.68 Å². The lowest BCUT2D eigenvalue weighted by Crippen LogP contribution is -2.42. The molecule has 1 N–H and O–H groups in total. The molecule has 1 aliphatic heterocycles. The molecule has 0 aliphatic carbocycles. The molecular weight excluding hydrogens is 328 g/mol. The molecule has 1 unspecified atom stereocenters. The smallest absolute Gasteiger partial charge is 0.209 e. The number of anilines is 2. The number of aryl methyl sites for hydroxylation is 2. The normalized spacial score (nSPS) is 19.0. The van der Waals surface area contributed by atoms with E-state index in [4.69, 9.17) is 17.0 Å². The summed E-state index contributed by atoms with van der Waals surface area (Å²) in [6.07, 6.45) is 0.268. The third kappa shape index (κ3) is 4.17. The second-order valence-electron chi connectivity index (χ2n) is 6.00. The standard InChI is InChI=1S/C16H22N4OS2/c1-11-4-5-14(8-12(11)2)17-15-18-20(16(22)23-15)10-19-6-7-21-13(3)9-19/h4-5,8,13H,6-7,9-10H2,1-3H3,(H,17,18). The molecule has 0 radical (unpaired) electrons. The maximum absolute atomic E-state index is 5.57. The first-order valence-corrected chi connectivity index (χ1v) is 9.00. The van der Waals surface area contributed by atoms with E-state index < -0.39 is 0 Å². The zero-order valence-electron chi connectivity index (χ0n) is 13.7. The molecule has 7 heteroatoms. The molecule has 1 aromatic heterocycles. The van der Waals surface area contributed by atoms with Gasteiger partial charge in [0.1, 0.15) is 0 Å². The number of rotatable bonds is 4. The van der Waals surface area contributed by atoms with E-state index in [1.807, 2.05) is 4.68 Å². The number of nitrogens with zero attached hydrogens (tertiary/aromatic N) is 3. The summed E-state index contributed by atoms with van der Waals surface area (Å²) in [5.41, 5.74) is 3.60. The fourth-order valence-electron chi connectivity index (χ4n) is 2.60. The summed E-state index contributed by atoms with van der Waals surface area (Å²) in [6, 6.07) is 6.32. The summed E-state index contributed by atoms with van der Waals surface area (Å²) in [5, 5.41) is 8.80. The van der Waals surface area contributed by atoms with Gasteiger partial charge in [-0.2, -0.15) is 0 Å². The van der Waals surface area contributed by atoms with Crippen molar-refractivity contribution in [1.82, 2.24) is 14.7 Å². The SMILES string of the molecule is Cc1ccc(Nc2nn(CN3CCOC(C)C3)c(=S)s2)cc1C. The minimum Gasteiger partial charge on any atom is -0.376 e. The van der Waals surface area contributed by atoms with E-state index in [2.05, 4.69) is 54.3 Å². The number of aromatic nitrogens is 2. The van der Waals surface area contributed by atoms with Crippen LogP contribution in [0.25, 0.3) is 0 Å². The Labute approximate surface area is 145 Å². The van der Waals surface area contributed by atoms with Gasteiger partial charge < -0.3 is 10.1 Å². The Morgan fingerprint density at radius 2 is 2.22 bits per heavy atom. The van der Waals surface area contributed by atoms with Crippen molar-refractivity contribution >= 4 is 34.4 Å². The van der Waals surface area contributed by atoms with Crippen LogP contribution in [0.2, 0.25) is 0 Å². The molecule has 2 aromatic rings. The third-order valence-corrected chi connectivity index (χ3v) is 5.25. The van der Waals surface area contributed by atoms with Gasteiger partial charge in [0.2, 0.25) is 5.13 Å². The number of hydrogen-bond acceptors (Lipinski definition) is 6. The fourth-order valence-corrected chi connectivity index (χ4v) is 3.61. The largest absolute Gasteiger partial charge is 0.376 e. The van der Waals surface area contributed by atoms with E-state index in [-0.39, 0.29) is 6.10 Å². The van der Waals surface area contributed by atoms with Crippen molar-refractivity contribution in [2.45, 2.75) is 33.5 Å². The highest BCUT2D eigenvalue weighted by atomic mass is 32.1. The predicted molar refractivity (Wildman–Crippen MR) is 97.1 cm³/mol. The van der Waals surface area contributed by atoms with Crippen molar-refractivity contribution in [3.8, 4) is 0 Å². The first-order valence-electron chi connectivity index (χ1n) is 7.77. The molecule has 0 saturated carbocycles. The highest BCUT2D eigenvalue weighted by Gasteiger charge is 2.17. The first kappa shape index (κ1) is 16.6. The lowest BCUT2D eigenvalue weighted by Gasteiger charge is -2.30. The Bertz CT molecular complexity index is 740. The van der Waals surface area contributed by atoms with Crippen LogP contribution in [0.4, 0.5) is 10.8 Å². The van der Waals surface area contributed by atoms with Crippen LogP contribution in [0, 0.1) is 17.8 Å². The Hall–Kier alpha value is -1.28. The van der Waals surface area contributed by atoms with E-state index in [0.29, 0.717) is 0 Å². The Kier molecular flexibility index (Phi) is 5.11. The molecule has 23 heavy (non-hydrogen) atoms. The zero-order valence-corrected chi connectivity index (χ0v) is 15.3. The van der Waals surface area contributed by atoms with E-state index in [1.54, 1.807) is 0 Å². The molecule has 2 heterocycles. The van der Waals surface area contributed by atoms with Crippen LogP contribution >= 0.6 is 23.6 Å². The minimum absolute atomic E-state index is 0.268. The van der Waals surface area contributed by atoms with Crippen LogP contribution < -0.4 is 5.32 Å². The van der Waals surface area contributed by atoms with Crippen LogP contribution in [0.15, 0.2) is 18.2 Å². The van der Waals surface area contributed by atoms with Gasteiger partial charge in [-0.05, 0) is 56.2 Å². The average molecular weight is 351 g/mol. The molecule has 1 aliphatic rings. The monoisotopic (exact) mass is 350 g/mol. The molecule has 124 valence electrons. The maximum atomic E-state index is 5.57. The van der Waals surface area contributed by atoms with Crippen LogP contribution in [0.5, 0.6) is 0 Å². The van der Waals surface area contributed by atoms with Crippen LogP contribution in [0.1, 0.15) is 18.1 Å². The molecule has 1 atom stereocenters. The van der Waals surface area contributed by atoms with Gasteiger partial charge in [0.15, 0.2) is 3.95 Å². The average Bonchev–Trinajstić information content (AvgIpc) is 2.83. The van der Waals surface area contributed by atoms with Gasteiger partial charge >= 0.3 is 0 Å². The Morgan fingerprint density at radius 1 is 1.39 bits per heavy atom. The molecule has 0 spiro atoms. The highest BCUT2D eigenvalue weighted by Crippen LogP contribution is 2.22. The summed E-state index contributed by atoms with van der Waals surface area (Å²) in [6.45, 7) is 9.65. The summed E-state index contributed by atoms with van der Waals surface area (Å²) in [4.78, 5) is 2.32. The summed E-state index contributed by atoms with van der Waals surface area (Å²) < 4.78 is 8.25. The van der Waals surface area contributed by atoms with Crippen LogP contribution in [-0.4, -0.2) is 40.5 Å². The summed E-state index contributed by atoms with van der Waals surface area (Å²) >= 11 is 6.96. The lowest BCUT2D eigenvalue weighted by molar-refractivity contribution is -0.0305. The van der Waals surface area contributed by atoms with Crippen molar-refractivity contribution in [2.75, 3.05) is 25.0 Å². The lowest BCUT2D eigenvalue weighted by atomic mass is 10.1. The molecule has 1 saturated heterocycles. The molecule has 5 nitrogen and oxygen atoms in total. The molecule has 0 bridgehead atoms. The Morgan fingerprint density at radius 3 is 2.96 bits per heavy atom. The van der Waals surface area contributed by atoms with Gasteiger partial charge in [-0.1, -0.05) is 17.4 Å². The van der Waals surface area contributed by atoms with Crippen molar-refractivity contribution in [2.24, 2.45) is 0 Å². The predicted octanol–water partition coefficient (Wildman–Crippen LogP) is 3.71. The van der Waals surface area contributed by atoms with Crippen molar-refractivity contribution in [3.05, 3.63) is 33.3 Å². The van der Waals surface area contributed by atoms with E-state index in [0.717, 1.165) is 41.1 Å². The fraction of sp³-hybridized carbons (Fsp3) is 0.500. The molecule has 1 fully saturated rings. The van der Waals surface area contributed by atoms with Gasteiger partial charge in [-0.15, -0.1) is 5.10 Å². The number of morpholine rings is 1. The third-order valence-electron chi connectivity index (χ3n) is 4.02. The van der Waals surface area contributed by atoms with Crippen molar-refractivity contribution in [3.63, 3.8) is 0 Å². The van der Waals surface area contributed by atoms with E-state index in [9.17, 15) is 0 Å². The number of nitrogens with one attached hydrogen (secondary N) is 1. The van der Waals surface area contributed by atoms with Crippen molar-refractivity contribution < 1.29 is 4.74 Å². The topological polar surface area (TPSA) is 42.3 Å². The van der Waals surface area contributed by atoms with E-state index >= 15 is 0 Å². The van der Waals surface area contributed by atoms with E-state index in [1.165, 1.54) is 22.5 Å². The molecular formula is C16H22N4OS2. The Balaban J connectivity index is 1.70. The van der Waals surface area contributed by atoms with Gasteiger partial charge in [0.05, 0.1) is 19.4 Å². The summed E-state index contributed by atoms with van der Waals surface area (Å²) in [5.74, 6) is 0. The second kappa shape index (κ2) is 7.09. The minimum atomic E-state index is 0.268. The second-order valence-corrected chi connectivity index (χ2v) is 7.62. The maximum Gasteiger partial charge on any atom is 0.209 e. The highest BCUT2D eigenvalue weighted by molar-refractivity contribution is 7.73. The quantitative estimate of drug-likeness (QED) is 0.852. The number of ether oxygens (including phenoxy) is 1. The van der Waals surface area contributed by atoms with Crippen molar-refractivity contribution in [1.29, 1.82) is 0 Å². The van der Waals surface area contributed by atoms with Crippen LogP contribution in [-0.2, 0) is 11.4 Å². The molecule has 1 aromatic carbocycles.